The minimum atomic E-state index is -1.37. The first-order valence-corrected chi connectivity index (χ1v) is 6.96. The molecule has 1 N–H and O–H groups in total. The predicted octanol–water partition coefficient (Wildman–Crippen LogP) is 2.01. The van der Waals surface area contributed by atoms with Gasteiger partial charge in [0.1, 0.15) is 12.3 Å². The second-order valence-corrected chi connectivity index (χ2v) is 5.58. The van der Waals surface area contributed by atoms with E-state index in [9.17, 15) is 14.3 Å². The highest BCUT2D eigenvalue weighted by Crippen LogP contribution is 2.24. The molecule has 1 aliphatic heterocycles. The van der Waals surface area contributed by atoms with Gasteiger partial charge in [-0.3, -0.25) is 9.78 Å². The molecular formula is C16H17FN2O2. The zero-order valence-electron chi connectivity index (χ0n) is 12.0. The summed E-state index contributed by atoms with van der Waals surface area (Å²) in [6, 6.07) is 7.39. The number of alkyl halides is 1. The van der Waals surface area contributed by atoms with Gasteiger partial charge in [-0.25, -0.2) is 4.39 Å². The highest BCUT2D eigenvalue weighted by atomic mass is 19.1. The highest BCUT2D eigenvalue weighted by Gasteiger charge is 2.34. The van der Waals surface area contributed by atoms with Crippen molar-refractivity contribution in [3.63, 3.8) is 0 Å². The van der Waals surface area contributed by atoms with Gasteiger partial charge >= 0.3 is 0 Å². The number of fused-ring (bicyclic) bond motifs is 1. The summed E-state index contributed by atoms with van der Waals surface area (Å²) in [5.41, 5.74) is 3.05. The second-order valence-electron chi connectivity index (χ2n) is 5.58. The molecule has 0 radical (unpaired) electrons. The van der Waals surface area contributed by atoms with Gasteiger partial charge in [-0.2, -0.15) is 0 Å². The lowest BCUT2D eigenvalue weighted by atomic mass is 10.0. The first-order chi connectivity index (χ1) is 9.97. The Bertz CT molecular complexity index is 707. The maximum Gasteiger partial charge on any atom is 0.254 e. The molecule has 1 aromatic heterocycles. The smallest absolute Gasteiger partial charge is 0.254 e. The van der Waals surface area contributed by atoms with Gasteiger partial charge in [0.05, 0.1) is 17.6 Å². The molecule has 1 aliphatic rings. The SMILES string of the molecule is Cc1cc(C(=O)N2C[C@@H](O)[C@H](F)C2)c2cccc(C)c2n1. The first-order valence-electron chi connectivity index (χ1n) is 6.96. The van der Waals surface area contributed by atoms with Gasteiger partial charge in [-0.05, 0) is 25.5 Å². The number of carbonyl (C=O) groups excluding carboxylic acids is 1. The van der Waals surface area contributed by atoms with E-state index in [1.165, 1.54) is 4.90 Å². The standard InChI is InChI=1S/C16H17FN2O2/c1-9-4-3-5-11-12(6-10(2)18-15(9)11)16(21)19-7-13(17)14(20)8-19/h3-6,13-14,20H,7-8H2,1-2H3/t13-,14-/m1/s1. The van der Waals surface area contributed by atoms with Crippen molar-refractivity contribution in [3.8, 4) is 0 Å². The van der Waals surface area contributed by atoms with Gasteiger partial charge in [-0.1, -0.05) is 18.2 Å². The fourth-order valence-electron chi connectivity index (χ4n) is 2.78. The van der Waals surface area contributed by atoms with Gasteiger partial charge in [-0.15, -0.1) is 0 Å². The van der Waals surface area contributed by atoms with Crippen molar-refractivity contribution >= 4 is 16.8 Å². The van der Waals surface area contributed by atoms with E-state index in [0.717, 1.165) is 22.2 Å². The minimum absolute atomic E-state index is 0.0364. The van der Waals surface area contributed by atoms with E-state index in [1.54, 1.807) is 6.07 Å². The summed E-state index contributed by atoms with van der Waals surface area (Å²) in [7, 11) is 0. The molecule has 0 bridgehead atoms. The van der Waals surface area contributed by atoms with Crippen molar-refractivity contribution in [1.82, 2.24) is 9.88 Å². The van der Waals surface area contributed by atoms with Crippen molar-refractivity contribution in [2.75, 3.05) is 13.1 Å². The van der Waals surface area contributed by atoms with Crippen molar-refractivity contribution in [2.24, 2.45) is 0 Å². The lowest BCUT2D eigenvalue weighted by Gasteiger charge is -2.17. The number of halogens is 1. The molecule has 2 heterocycles. The first kappa shape index (κ1) is 13.9. The summed E-state index contributed by atoms with van der Waals surface area (Å²) in [5.74, 6) is -0.254. The predicted molar refractivity (Wildman–Crippen MR) is 78.0 cm³/mol. The van der Waals surface area contributed by atoms with Crippen LogP contribution in [-0.4, -0.2) is 46.3 Å². The number of pyridine rings is 1. The van der Waals surface area contributed by atoms with Crippen LogP contribution in [0.1, 0.15) is 21.6 Å². The van der Waals surface area contributed by atoms with Crippen LogP contribution in [0.3, 0.4) is 0 Å². The number of amides is 1. The molecule has 5 heteroatoms. The number of aliphatic hydroxyl groups excluding tert-OH is 1. The molecule has 3 rings (SSSR count). The van der Waals surface area contributed by atoms with Crippen LogP contribution in [0, 0.1) is 13.8 Å². The average molecular weight is 288 g/mol. The van der Waals surface area contributed by atoms with E-state index in [0.29, 0.717) is 5.56 Å². The number of nitrogens with zero attached hydrogens (tertiary/aromatic N) is 2. The Hall–Kier alpha value is -2.01. The zero-order valence-corrected chi connectivity index (χ0v) is 12.0. The molecule has 1 saturated heterocycles. The van der Waals surface area contributed by atoms with Crippen LogP contribution in [0.25, 0.3) is 10.9 Å². The van der Waals surface area contributed by atoms with Crippen LogP contribution in [0.15, 0.2) is 24.3 Å². The van der Waals surface area contributed by atoms with E-state index in [1.807, 2.05) is 32.0 Å². The molecule has 1 aromatic carbocycles. The van der Waals surface area contributed by atoms with Crippen LogP contribution < -0.4 is 0 Å². The highest BCUT2D eigenvalue weighted by molar-refractivity contribution is 6.06. The summed E-state index contributed by atoms with van der Waals surface area (Å²) in [4.78, 5) is 18.5. The Kier molecular flexibility index (Phi) is 3.37. The monoisotopic (exact) mass is 288 g/mol. The molecule has 0 spiro atoms. The van der Waals surface area contributed by atoms with Gasteiger partial charge in [0.15, 0.2) is 0 Å². The maximum atomic E-state index is 13.4. The number of para-hydroxylation sites is 1. The normalized spacial score (nSPS) is 22.0. The Morgan fingerprint density at radius 2 is 2.14 bits per heavy atom. The van der Waals surface area contributed by atoms with Crippen LogP contribution in [0.4, 0.5) is 4.39 Å². The number of benzene rings is 1. The lowest BCUT2D eigenvalue weighted by Crippen LogP contribution is -2.30. The van der Waals surface area contributed by atoms with Crippen molar-refractivity contribution < 1.29 is 14.3 Å². The summed E-state index contributed by atoms with van der Waals surface area (Å²) in [6.45, 7) is 3.75. The van der Waals surface area contributed by atoms with Crippen LogP contribution in [0.5, 0.6) is 0 Å². The van der Waals surface area contributed by atoms with E-state index in [-0.39, 0.29) is 19.0 Å². The molecule has 0 saturated carbocycles. The molecule has 4 nitrogen and oxygen atoms in total. The molecular weight excluding hydrogens is 271 g/mol. The van der Waals surface area contributed by atoms with E-state index in [2.05, 4.69) is 4.98 Å². The van der Waals surface area contributed by atoms with Crippen molar-refractivity contribution in [2.45, 2.75) is 26.1 Å². The zero-order chi connectivity index (χ0) is 15.1. The maximum absolute atomic E-state index is 13.4. The van der Waals surface area contributed by atoms with Crippen molar-refractivity contribution in [1.29, 1.82) is 0 Å². The van der Waals surface area contributed by atoms with Crippen LogP contribution in [-0.2, 0) is 0 Å². The number of likely N-dealkylation sites (tertiary alicyclic amines) is 1. The summed E-state index contributed by atoms with van der Waals surface area (Å²) in [6.07, 6.45) is -2.46. The van der Waals surface area contributed by atoms with Crippen LogP contribution >= 0.6 is 0 Å². The number of rotatable bonds is 1. The Morgan fingerprint density at radius 3 is 2.81 bits per heavy atom. The summed E-state index contributed by atoms with van der Waals surface area (Å²) in [5, 5.41) is 10.3. The number of β-amino-alcohol motifs (C(OH)–C–C–N with tert-alkyl or cyclic N) is 1. The van der Waals surface area contributed by atoms with Crippen LogP contribution in [0.2, 0.25) is 0 Å². The van der Waals surface area contributed by atoms with Gasteiger partial charge < -0.3 is 10.0 Å². The van der Waals surface area contributed by atoms with Crippen molar-refractivity contribution in [3.05, 3.63) is 41.1 Å². The third-order valence-corrected chi connectivity index (χ3v) is 3.91. The Labute approximate surface area is 122 Å². The molecule has 0 unspecified atom stereocenters. The van der Waals surface area contributed by atoms with E-state index in [4.69, 9.17) is 0 Å². The molecule has 1 fully saturated rings. The number of aromatic nitrogens is 1. The number of hydrogen-bond donors (Lipinski definition) is 1. The minimum Gasteiger partial charge on any atom is -0.388 e. The number of hydrogen-bond acceptors (Lipinski definition) is 3. The summed E-state index contributed by atoms with van der Waals surface area (Å²) >= 11 is 0. The Morgan fingerprint density at radius 1 is 1.38 bits per heavy atom. The number of aryl methyl sites for hydroxylation is 2. The molecule has 0 aliphatic carbocycles. The van der Waals surface area contributed by atoms with Gasteiger partial charge in [0, 0.05) is 17.6 Å². The third-order valence-electron chi connectivity index (χ3n) is 3.91. The van der Waals surface area contributed by atoms with Gasteiger partial charge in [0.25, 0.3) is 5.91 Å². The fraction of sp³-hybridized carbons (Fsp3) is 0.375. The van der Waals surface area contributed by atoms with E-state index >= 15 is 0 Å². The third kappa shape index (κ3) is 2.38. The average Bonchev–Trinajstić information content (AvgIpc) is 2.78. The number of aliphatic hydroxyl groups is 1. The summed E-state index contributed by atoms with van der Waals surface area (Å²) < 4.78 is 13.4. The molecule has 21 heavy (non-hydrogen) atoms. The largest absolute Gasteiger partial charge is 0.388 e. The van der Waals surface area contributed by atoms with Gasteiger partial charge in [0.2, 0.25) is 0 Å². The number of carbonyl (C=O) groups is 1. The molecule has 2 aromatic rings. The quantitative estimate of drug-likeness (QED) is 0.873. The van der Waals surface area contributed by atoms with E-state index < -0.39 is 12.3 Å². The molecule has 110 valence electrons. The fourth-order valence-corrected chi connectivity index (χ4v) is 2.78. The lowest BCUT2D eigenvalue weighted by molar-refractivity contribution is 0.0766. The molecule has 2 atom stereocenters. The second kappa shape index (κ2) is 5.07. The Balaban J connectivity index is 2.08. The molecule has 1 amide bonds. The topological polar surface area (TPSA) is 53.4 Å².